The van der Waals surface area contributed by atoms with Crippen LogP contribution >= 0.6 is 27.5 Å². The lowest BCUT2D eigenvalue weighted by atomic mass is 10.1. The van der Waals surface area contributed by atoms with E-state index in [0.29, 0.717) is 10.6 Å². The van der Waals surface area contributed by atoms with Crippen molar-refractivity contribution in [2.24, 2.45) is 0 Å². The highest BCUT2D eigenvalue weighted by Gasteiger charge is 2.14. The summed E-state index contributed by atoms with van der Waals surface area (Å²) in [6.07, 6.45) is 1.71. The van der Waals surface area contributed by atoms with E-state index in [4.69, 9.17) is 16.7 Å². The smallest absolute Gasteiger partial charge is 0.337 e. The van der Waals surface area contributed by atoms with Gasteiger partial charge >= 0.3 is 5.97 Å². The molecular formula is C17H13BrClNO3. The molecule has 118 valence electrons. The largest absolute Gasteiger partial charge is 0.478 e. The summed E-state index contributed by atoms with van der Waals surface area (Å²) >= 11 is 9.28. The van der Waals surface area contributed by atoms with Crippen molar-refractivity contribution in [1.29, 1.82) is 0 Å². The number of halogens is 2. The van der Waals surface area contributed by atoms with Gasteiger partial charge in [0.15, 0.2) is 0 Å². The third-order valence-electron chi connectivity index (χ3n) is 3.10. The average molecular weight is 395 g/mol. The SMILES string of the molecule is C/C(=C\c1ccccc1Br)C(=O)Nc1cc(Cl)ccc1C(=O)O. The van der Waals surface area contributed by atoms with Gasteiger partial charge in [0.25, 0.3) is 5.91 Å². The molecule has 0 bridgehead atoms. The number of carboxylic acids is 1. The molecule has 0 radical (unpaired) electrons. The molecule has 0 spiro atoms. The molecular weight excluding hydrogens is 382 g/mol. The van der Waals surface area contributed by atoms with E-state index in [9.17, 15) is 9.59 Å². The molecule has 23 heavy (non-hydrogen) atoms. The van der Waals surface area contributed by atoms with Gasteiger partial charge in [0.2, 0.25) is 0 Å². The van der Waals surface area contributed by atoms with Gasteiger partial charge < -0.3 is 10.4 Å². The first-order chi connectivity index (χ1) is 10.9. The number of aromatic carboxylic acids is 1. The van der Waals surface area contributed by atoms with E-state index < -0.39 is 11.9 Å². The summed E-state index contributed by atoms with van der Waals surface area (Å²) in [7, 11) is 0. The van der Waals surface area contributed by atoms with Crippen LogP contribution in [0, 0.1) is 0 Å². The Balaban J connectivity index is 2.27. The highest BCUT2D eigenvalue weighted by atomic mass is 79.9. The van der Waals surface area contributed by atoms with E-state index >= 15 is 0 Å². The standard InChI is InChI=1S/C17H13BrClNO3/c1-10(8-11-4-2-3-5-14(11)18)16(21)20-15-9-12(19)6-7-13(15)17(22)23/h2-9H,1H3,(H,20,21)(H,22,23)/b10-8+. The molecule has 0 saturated heterocycles. The molecule has 0 aliphatic rings. The molecule has 1 amide bonds. The Labute approximate surface area is 146 Å². The molecule has 0 aliphatic heterocycles. The summed E-state index contributed by atoms with van der Waals surface area (Å²) < 4.78 is 0.862. The zero-order chi connectivity index (χ0) is 17.0. The fourth-order valence-electron chi connectivity index (χ4n) is 1.92. The van der Waals surface area contributed by atoms with Gasteiger partial charge in [0.1, 0.15) is 0 Å². The van der Waals surface area contributed by atoms with Crippen LogP contribution in [0.25, 0.3) is 6.08 Å². The quantitative estimate of drug-likeness (QED) is 0.729. The Kier molecular flexibility index (Phi) is 5.58. The second-order valence-electron chi connectivity index (χ2n) is 4.80. The van der Waals surface area contributed by atoms with Crippen LogP contribution in [0.2, 0.25) is 5.02 Å². The Hall–Kier alpha value is -2.11. The number of carbonyl (C=O) groups excluding carboxylic acids is 1. The number of nitrogens with one attached hydrogen (secondary N) is 1. The van der Waals surface area contributed by atoms with Crippen molar-refractivity contribution in [3.05, 3.63) is 68.7 Å². The second kappa shape index (κ2) is 7.44. The van der Waals surface area contributed by atoms with Crippen molar-refractivity contribution in [1.82, 2.24) is 0 Å². The number of carbonyl (C=O) groups is 2. The lowest BCUT2D eigenvalue weighted by Gasteiger charge is -2.09. The summed E-state index contributed by atoms with van der Waals surface area (Å²) in [6, 6.07) is 11.7. The van der Waals surface area contributed by atoms with Gasteiger partial charge in [0.05, 0.1) is 11.3 Å². The van der Waals surface area contributed by atoms with Gasteiger partial charge in [-0.05, 0) is 42.8 Å². The van der Waals surface area contributed by atoms with Crippen LogP contribution < -0.4 is 5.32 Å². The molecule has 4 nitrogen and oxygen atoms in total. The van der Waals surface area contributed by atoms with Crippen LogP contribution in [0.3, 0.4) is 0 Å². The highest BCUT2D eigenvalue weighted by molar-refractivity contribution is 9.10. The molecule has 0 unspecified atom stereocenters. The molecule has 2 aromatic carbocycles. The molecule has 0 aromatic heterocycles. The van der Waals surface area contributed by atoms with Crippen LogP contribution in [-0.2, 0) is 4.79 Å². The summed E-state index contributed by atoms with van der Waals surface area (Å²) in [5.74, 6) is -1.53. The number of carboxylic acid groups (broad SMARTS) is 1. The first-order valence-electron chi connectivity index (χ1n) is 6.65. The normalized spacial score (nSPS) is 11.2. The van der Waals surface area contributed by atoms with E-state index in [1.54, 1.807) is 13.0 Å². The van der Waals surface area contributed by atoms with Crippen LogP contribution in [0.1, 0.15) is 22.8 Å². The number of hydrogen-bond donors (Lipinski definition) is 2. The lowest BCUT2D eigenvalue weighted by Crippen LogP contribution is -2.15. The third-order valence-corrected chi connectivity index (χ3v) is 4.05. The zero-order valence-electron chi connectivity index (χ0n) is 12.1. The van der Waals surface area contributed by atoms with Crippen molar-refractivity contribution in [2.75, 3.05) is 5.32 Å². The van der Waals surface area contributed by atoms with Gasteiger partial charge in [-0.1, -0.05) is 45.7 Å². The Morgan fingerprint density at radius 2 is 1.91 bits per heavy atom. The fourth-order valence-corrected chi connectivity index (χ4v) is 2.49. The molecule has 0 atom stereocenters. The molecule has 2 aromatic rings. The molecule has 0 fully saturated rings. The maximum Gasteiger partial charge on any atom is 0.337 e. The van der Waals surface area contributed by atoms with Crippen LogP contribution in [-0.4, -0.2) is 17.0 Å². The van der Waals surface area contributed by atoms with Gasteiger partial charge in [-0.25, -0.2) is 4.79 Å². The molecule has 0 aliphatic carbocycles. The Morgan fingerprint density at radius 1 is 1.22 bits per heavy atom. The molecule has 6 heteroatoms. The van der Waals surface area contributed by atoms with Gasteiger partial charge in [0, 0.05) is 15.1 Å². The molecule has 0 saturated carbocycles. The molecule has 0 heterocycles. The maximum atomic E-state index is 12.3. The fraction of sp³-hybridized carbons (Fsp3) is 0.0588. The summed E-state index contributed by atoms with van der Waals surface area (Å²) in [5.41, 5.74) is 1.43. The van der Waals surface area contributed by atoms with E-state index in [-0.39, 0.29) is 11.3 Å². The van der Waals surface area contributed by atoms with Gasteiger partial charge in [-0.15, -0.1) is 0 Å². The summed E-state index contributed by atoms with van der Waals surface area (Å²) in [6.45, 7) is 1.65. The number of hydrogen-bond acceptors (Lipinski definition) is 2. The average Bonchev–Trinajstić information content (AvgIpc) is 2.49. The van der Waals surface area contributed by atoms with E-state index in [0.717, 1.165) is 10.0 Å². The second-order valence-corrected chi connectivity index (χ2v) is 6.09. The van der Waals surface area contributed by atoms with Crippen LogP contribution in [0.5, 0.6) is 0 Å². The summed E-state index contributed by atoms with van der Waals surface area (Å²) in [4.78, 5) is 23.5. The van der Waals surface area contributed by atoms with Crippen LogP contribution in [0.15, 0.2) is 52.5 Å². The van der Waals surface area contributed by atoms with Gasteiger partial charge in [-0.3, -0.25) is 4.79 Å². The first kappa shape index (κ1) is 17.2. The minimum Gasteiger partial charge on any atom is -0.478 e. The van der Waals surface area contributed by atoms with Crippen molar-refractivity contribution in [3.63, 3.8) is 0 Å². The van der Waals surface area contributed by atoms with E-state index in [1.807, 2.05) is 24.3 Å². The molecule has 2 rings (SSSR count). The zero-order valence-corrected chi connectivity index (χ0v) is 14.5. The number of rotatable bonds is 4. The number of anilines is 1. The topological polar surface area (TPSA) is 66.4 Å². The van der Waals surface area contributed by atoms with Crippen molar-refractivity contribution in [3.8, 4) is 0 Å². The number of amides is 1. The predicted octanol–water partition coefficient (Wildman–Crippen LogP) is 4.84. The minimum absolute atomic E-state index is 0.0172. The minimum atomic E-state index is -1.13. The van der Waals surface area contributed by atoms with Crippen molar-refractivity contribution in [2.45, 2.75) is 6.92 Å². The summed E-state index contributed by atoms with van der Waals surface area (Å²) in [5, 5.41) is 12.1. The van der Waals surface area contributed by atoms with Crippen molar-refractivity contribution >= 4 is 51.2 Å². The lowest BCUT2D eigenvalue weighted by molar-refractivity contribution is -0.112. The van der Waals surface area contributed by atoms with E-state index in [2.05, 4.69) is 21.2 Å². The third kappa shape index (κ3) is 4.43. The molecule has 2 N–H and O–H groups in total. The monoisotopic (exact) mass is 393 g/mol. The highest BCUT2D eigenvalue weighted by Crippen LogP contribution is 2.23. The van der Waals surface area contributed by atoms with Crippen LogP contribution in [0.4, 0.5) is 5.69 Å². The Morgan fingerprint density at radius 3 is 2.57 bits per heavy atom. The van der Waals surface area contributed by atoms with Crippen molar-refractivity contribution < 1.29 is 14.7 Å². The predicted molar refractivity (Wildman–Crippen MR) is 94.8 cm³/mol. The van der Waals surface area contributed by atoms with Gasteiger partial charge in [-0.2, -0.15) is 0 Å². The maximum absolute atomic E-state index is 12.3. The Bertz CT molecular complexity index is 802. The first-order valence-corrected chi connectivity index (χ1v) is 7.82. The van der Waals surface area contributed by atoms with E-state index in [1.165, 1.54) is 18.2 Å². The number of benzene rings is 2.